The minimum absolute atomic E-state index is 0.455. The van der Waals surface area contributed by atoms with Crippen LogP contribution in [0, 0.1) is 0 Å². The van der Waals surface area contributed by atoms with Crippen molar-refractivity contribution in [3.8, 4) is 11.1 Å². The minimum atomic E-state index is -4.41. The highest BCUT2D eigenvalue weighted by Gasteiger charge is 2.19. The number of benzene rings is 2. The zero-order valence-corrected chi connectivity index (χ0v) is 14.4. The third kappa shape index (κ3) is 3.10. The molecule has 0 unspecified atom stereocenters. The first kappa shape index (κ1) is 16.4. The summed E-state index contributed by atoms with van der Waals surface area (Å²) in [7, 11) is -4.41. The summed E-state index contributed by atoms with van der Waals surface area (Å²) in [5, 5.41) is -0.455. The van der Waals surface area contributed by atoms with E-state index in [2.05, 4.69) is 15.0 Å². The molecule has 0 radical (unpaired) electrons. The third-order valence-corrected chi connectivity index (χ3v) is 4.83. The number of hydrogen-bond donors (Lipinski definition) is 2. The van der Waals surface area contributed by atoms with E-state index in [1.807, 2.05) is 48.5 Å². The van der Waals surface area contributed by atoms with E-state index >= 15 is 0 Å². The van der Waals surface area contributed by atoms with E-state index in [9.17, 15) is 13.0 Å². The number of rotatable bonds is 4. The van der Waals surface area contributed by atoms with Gasteiger partial charge in [-0.05, 0) is 35.2 Å². The number of H-pyrrole nitrogens is 1. The van der Waals surface area contributed by atoms with Crippen LogP contribution in [0.25, 0.3) is 22.2 Å². The van der Waals surface area contributed by atoms with Crippen LogP contribution >= 0.6 is 0 Å². The molecule has 2 aromatic heterocycles. The molecule has 0 saturated carbocycles. The fourth-order valence-corrected chi connectivity index (χ4v) is 3.46. The van der Waals surface area contributed by atoms with Gasteiger partial charge in [0.05, 0.1) is 11.0 Å². The van der Waals surface area contributed by atoms with Crippen molar-refractivity contribution in [1.82, 2.24) is 15.0 Å². The number of nitrogens with one attached hydrogen (secondary N) is 1. The van der Waals surface area contributed by atoms with Crippen LogP contribution < -0.4 is 0 Å². The van der Waals surface area contributed by atoms with E-state index in [4.69, 9.17) is 0 Å². The van der Waals surface area contributed by atoms with Gasteiger partial charge in [-0.3, -0.25) is 9.54 Å². The maximum atomic E-state index is 11.5. The van der Waals surface area contributed by atoms with Crippen LogP contribution in [0.3, 0.4) is 0 Å². The van der Waals surface area contributed by atoms with Crippen LogP contribution in [0.1, 0.15) is 11.1 Å². The second kappa shape index (κ2) is 6.36. The summed E-state index contributed by atoms with van der Waals surface area (Å²) >= 11 is 0. The van der Waals surface area contributed by atoms with Crippen molar-refractivity contribution in [2.45, 2.75) is 11.6 Å². The number of pyridine rings is 1. The molecule has 2 aromatic carbocycles. The molecule has 0 atom stereocenters. The molecule has 0 saturated heterocycles. The molecular formula is C19H15N3O3S. The van der Waals surface area contributed by atoms with E-state index in [-0.39, 0.29) is 0 Å². The van der Waals surface area contributed by atoms with Crippen LogP contribution in [0.5, 0.6) is 0 Å². The Morgan fingerprint density at radius 3 is 2.50 bits per heavy atom. The highest BCUT2D eigenvalue weighted by molar-refractivity contribution is 7.85. The highest BCUT2D eigenvalue weighted by Crippen LogP contribution is 2.33. The lowest BCUT2D eigenvalue weighted by Crippen LogP contribution is -1.99. The van der Waals surface area contributed by atoms with Crippen molar-refractivity contribution in [2.75, 3.05) is 0 Å². The molecule has 0 aliphatic heterocycles. The van der Waals surface area contributed by atoms with Crippen molar-refractivity contribution >= 4 is 21.2 Å². The normalized spacial score (nSPS) is 11.7. The Bertz CT molecular complexity index is 1170. The SMILES string of the molecule is O=S(=O)(O)c1nc2c(-c3ccccc3)c(Cc3cccnc3)ccc2[nH]1. The standard InChI is InChI=1S/C19H15N3O3S/c23-26(24,25)19-21-16-9-8-15(11-13-5-4-10-20-12-13)17(18(16)22-19)14-6-2-1-3-7-14/h1-10,12H,11H2,(H,21,22)(H,23,24,25). The van der Waals surface area contributed by atoms with Crippen LogP contribution in [0.2, 0.25) is 0 Å². The van der Waals surface area contributed by atoms with Crippen molar-refractivity contribution in [3.05, 3.63) is 78.1 Å². The molecule has 4 rings (SSSR count). The number of nitrogens with zero attached hydrogens (tertiary/aromatic N) is 2. The average Bonchev–Trinajstić information content (AvgIpc) is 3.08. The topological polar surface area (TPSA) is 95.9 Å². The molecule has 6 nitrogen and oxygen atoms in total. The van der Waals surface area contributed by atoms with Crippen LogP contribution in [0.4, 0.5) is 0 Å². The second-order valence-corrected chi connectivity index (χ2v) is 7.25. The van der Waals surface area contributed by atoms with E-state index in [0.29, 0.717) is 17.5 Å². The van der Waals surface area contributed by atoms with E-state index in [1.54, 1.807) is 18.5 Å². The van der Waals surface area contributed by atoms with Crippen LogP contribution in [-0.4, -0.2) is 27.9 Å². The Labute approximate surface area is 150 Å². The Kier molecular flexibility index (Phi) is 4.02. The largest absolute Gasteiger partial charge is 0.328 e. The Morgan fingerprint density at radius 1 is 1.00 bits per heavy atom. The fraction of sp³-hybridized carbons (Fsp3) is 0.0526. The monoisotopic (exact) mass is 365 g/mol. The van der Waals surface area contributed by atoms with Gasteiger partial charge in [0, 0.05) is 18.0 Å². The summed E-state index contributed by atoms with van der Waals surface area (Å²) in [5.41, 5.74) is 4.83. The second-order valence-electron chi connectivity index (χ2n) is 5.92. The number of hydrogen-bond acceptors (Lipinski definition) is 4. The lowest BCUT2D eigenvalue weighted by Gasteiger charge is -2.11. The van der Waals surface area contributed by atoms with Crippen molar-refractivity contribution in [2.24, 2.45) is 0 Å². The maximum absolute atomic E-state index is 11.5. The van der Waals surface area contributed by atoms with Gasteiger partial charge < -0.3 is 4.98 Å². The fourth-order valence-electron chi connectivity index (χ4n) is 3.01. The quantitative estimate of drug-likeness (QED) is 0.540. The molecule has 26 heavy (non-hydrogen) atoms. The zero-order valence-electron chi connectivity index (χ0n) is 13.6. The van der Waals surface area contributed by atoms with Gasteiger partial charge in [0.25, 0.3) is 5.16 Å². The number of aromatic amines is 1. The summed E-state index contributed by atoms with van der Waals surface area (Å²) in [4.78, 5) is 11.0. The maximum Gasteiger partial charge on any atom is 0.328 e. The van der Waals surface area contributed by atoms with E-state index in [0.717, 1.165) is 22.3 Å². The molecule has 0 fully saturated rings. The van der Waals surface area contributed by atoms with Crippen LogP contribution in [0.15, 0.2) is 72.1 Å². The van der Waals surface area contributed by atoms with Gasteiger partial charge in [0.2, 0.25) is 0 Å². The summed E-state index contributed by atoms with van der Waals surface area (Å²) in [5.74, 6) is 0. The van der Waals surface area contributed by atoms with Gasteiger partial charge in [0.15, 0.2) is 0 Å². The van der Waals surface area contributed by atoms with Gasteiger partial charge in [-0.15, -0.1) is 0 Å². The molecule has 0 aliphatic rings. The van der Waals surface area contributed by atoms with Gasteiger partial charge in [-0.2, -0.15) is 8.42 Å². The summed E-state index contributed by atoms with van der Waals surface area (Å²) < 4.78 is 32.3. The molecule has 7 heteroatoms. The lowest BCUT2D eigenvalue weighted by atomic mass is 9.94. The minimum Gasteiger partial charge on any atom is -0.327 e. The molecule has 0 bridgehead atoms. The van der Waals surface area contributed by atoms with E-state index in [1.165, 1.54) is 0 Å². The number of aromatic nitrogens is 3. The van der Waals surface area contributed by atoms with Crippen molar-refractivity contribution in [1.29, 1.82) is 0 Å². The summed E-state index contributed by atoms with van der Waals surface area (Å²) in [6.07, 6.45) is 4.14. The predicted molar refractivity (Wildman–Crippen MR) is 98.4 cm³/mol. The molecule has 2 N–H and O–H groups in total. The third-order valence-electron chi connectivity index (χ3n) is 4.14. The summed E-state index contributed by atoms with van der Waals surface area (Å²) in [6.45, 7) is 0. The van der Waals surface area contributed by atoms with Crippen LogP contribution in [-0.2, 0) is 16.5 Å². The molecule has 0 spiro atoms. The smallest absolute Gasteiger partial charge is 0.327 e. The zero-order chi connectivity index (χ0) is 18.1. The first-order valence-electron chi connectivity index (χ1n) is 7.96. The molecule has 2 heterocycles. The molecular weight excluding hydrogens is 350 g/mol. The number of fused-ring (bicyclic) bond motifs is 1. The molecule has 4 aromatic rings. The van der Waals surface area contributed by atoms with Gasteiger partial charge in [-0.1, -0.05) is 42.5 Å². The highest BCUT2D eigenvalue weighted by atomic mass is 32.2. The van der Waals surface area contributed by atoms with Crippen molar-refractivity contribution in [3.63, 3.8) is 0 Å². The van der Waals surface area contributed by atoms with Gasteiger partial charge >= 0.3 is 10.1 Å². The predicted octanol–water partition coefficient (Wildman–Crippen LogP) is 3.46. The first-order valence-corrected chi connectivity index (χ1v) is 9.40. The Morgan fingerprint density at radius 2 is 1.81 bits per heavy atom. The van der Waals surface area contributed by atoms with E-state index < -0.39 is 15.3 Å². The lowest BCUT2D eigenvalue weighted by molar-refractivity contribution is 0.476. The molecule has 130 valence electrons. The van der Waals surface area contributed by atoms with Gasteiger partial charge in [-0.25, -0.2) is 4.98 Å². The first-order chi connectivity index (χ1) is 12.5. The van der Waals surface area contributed by atoms with Crippen molar-refractivity contribution < 1.29 is 13.0 Å². The van der Waals surface area contributed by atoms with Gasteiger partial charge in [0.1, 0.15) is 0 Å². The molecule has 0 aliphatic carbocycles. The Hall–Kier alpha value is -3.03. The molecule has 0 amide bonds. The number of imidazole rings is 1. The summed E-state index contributed by atoms with van der Waals surface area (Å²) in [6, 6.07) is 17.2. The Balaban J connectivity index is 1.96. The average molecular weight is 365 g/mol.